The van der Waals surface area contributed by atoms with Crippen LogP contribution in [0.4, 0.5) is 0 Å². The van der Waals surface area contributed by atoms with Crippen molar-refractivity contribution in [1.29, 1.82) is 0 Å². The first-order valence-electron chi connectivity index (χ1n) is 10.2. The molecule has 0 spiro atoms. The highest BCUT2D eigenvalue weighted by Crippen LogP contribution is 2.23. The van der Waals surface area contributed by atoms with Crippen LogP contribution in [0.3, 0.4) is 0 Å². The summed E-state index contributed by atoms with van der Waals surface area (Å²) in [6.07, 6.45) is 0. The minimum absolute atomic E-state index is 0.0284. The lowest BCUT2D eigenvalue weighted by Gasteiger charge is -2.19. The van der Waals surface area contributed by atoms with E-state index in [9.17, 15) is 22.8 Å². The summed E-state index contributed by atoms with van der Waals surface area (Å²) >= 11 is 0. The van der Waals surface area contributed by atoms with Gasteiger partial charge in [0, 0.05) is 47.9 Å². The van der Waals surface area contributed by atoms with Crippen molar-refractivity contribution in [2.75, 3.05) is 13.1 Å². The number of nitrogens with zero attached hydrogens (tertiary/aromatic N) is 1. The Morgan fingerprint density at radius 2 is 1.72 bits per heavy atom. The second-order valence-electron chi connectivity index (χ2n) is 7.47. The zero-order valence-corrected chi connectivity index (χ0v) is 19.2. The highest BCUT2D eigenvalue weighted by molar-refractivity contribution is 7.89. The lowest BCUT2D eigenvalue weighted by Crippen LogP contribution is -2.31. The van der Waals surface area contributed by atoms with Gasteiger partial charge in [0.15, 0.2) is 0 Å². The molecular formula is C22H26N4O5S. The van der Waals surface area contributed by atoms with Crippen molar-refractivity contribution >= 4 is 26.8 Å². The van der Waals surface area contributed by atoms with Gasteiger partial charge in [-0.05, 0) is 43.7 Å². The van der Waals surface area contributed by atoms with Crippen LogP contribution >= 0.6 is 0 Å². The van der Waals surface area contributed by atoms with Crippen molar-refractivity contribution in [2.24, 2.45) is 0 Å². The van der Waals surface area contributed by atoms with Gasteiger partial charge in [-0.15, -0.1) is 0 Å². The molecule has 9 nitrogen and oxygen atoms in total. The number of aryl methyl sites for hydroxylation is 2. The van der Waals surface area contributed by atoms with Crippen LogP contribution in [0.25, 0.3) is 10.9 Å². The molecule has 3 N–H and O–H groups in total. The first-order valence-corrected chi connectivity index (χ1v) is 11.7. The molecule has 1 aromatic carbocycles. The third-order valence-electron chi connectivity index (χ3n) is 5.32. The number of sulfonamides is 1. The lowest BCUT2D eigenvalue weighted by molar-refractivity contribution is 0.0952. The third-order valence-corrected chi connectivity index (χ3v) is 7.37. The van der Waals surface area contributed by atoms with E-state index in [1.54, 1.807) is 33.8 Å². The Hall–Kier alpha value is -3.24. The highest BCUT2D eigenvalue weighted by atomic mass is 32.2. The summed E-state index contributed by atoms with van der Waals surface area (Å²) in [6.45, 7) is 7.60. The molecule has 0 saturated heterocycles. The predicted molar refractivity (Wildman–Crippen MR) is 122 cm³/mol. The predicted octanol–water partition coefficient (Wildman–Crippen LogP) is 1.79. The van der Waals surface area contributed by atoms with E-state index in [4.69, 9.17) is 0 Å². The topological polar surface area (TPSA) is 132 Å². The highest BCUT2D eigenvalue weighted by Gasteiger charge is 2.23. The summed E-state index contributed by atoms with van der Waals surface area (Å²) in [7, 11) is -3.75. The van der Waals surface area contributed by atoms with Crippen LogP contribution in [0.1, 0.15) is 41.0 Å². The zero-order chi connectivity index (χ0) is 23.6. The van der Waals surface area contributed by atoms with Gasteiger partial charge in [0.25, 0.3) is 11.5 Å². The molecule has 10 heteroatoms. The van der Waals surface area contributed by atoms with Crippen molar-refractivity contribution < 1.29 is 13.2 Å². The number of amides is 1. The summed E-state index contributed by atoms with van der Waals surface area (Å²) in [6, 6.07) is 7.19. The molecule has 1 amide bonds. The second kappa shape index (κ2) is 9.09. The van der Waals surface area contributed by atoms with E-state index >= 15 is 0 Å². The number of benzene rings is 1. The van der Waals surface area contributed by atoms with Crippen molar-refractivity contribution in [3.8, 4) is 0 Å². The average molecular weight is 459 g/mol. The molecule has 0 unspecified atom stereocenters. The first kappa shape index (κ1) is 23.4. The fourth-order valence-corrected chi connectivity index (χ4v) is 5.14. The number of aromatic nitrogens is 2. The number of rotatable bonds is 7. The molecule has 3 rings (SSSR count). The summed E-state index contributed by atoms with van der Waals surface area (Å²) in [5, 5.41) is 2.96. The Bertz CT molecular complexity index is 1400. The van der Waals surface area contributed by atoms with Gasteiger partial charge in [-0.3, -0.25) is 14.4 Å². The van der Waals surface area contributed by atoms with E-state index in [1.807, 2.05) is 0 Å². The van der Waals surface area contributed by atoms with Crippen LogP contribution in [0, 0.1) is 13.8 Å². The van der Waals surface area contributed by atoms with Gasteiger partial charge in [-0.2, -0.15) is 4.31 Å². The summed E-state index contributed by atoms with van der Waals surface area (Å²) in [5.74, 6) is -0.585. The maximum atomic E-state index is 12.9. The Balaban J connectivity index is 2.03. The van der Waals surface area contributed by atoms with Gasteiger partial charge in [0.1, 0.15) is 0 Å². The molecule has 0 aliphatic rings. The average Bonchev–Trinajstić information content (AvgIpc) is 2.72. The maximum Gasteiger partial charge on any atom is 0.253 e. The number of carbonyl (C=O) groups excluding carboxylic acids is 1. The van der Waals surface area contributed by atoms with Crippen LogP contribution in [-0.4, -0.2) is 41.7 Å². The van der Waals surface area contributed by atoms with Gasteiger partial charge in [0.05, 0.1) is 10.5 Å². The Labute approximate surface area is 185 Å². The van der Waals surface area contributed by atoms with Crippen LogP contribution in [0.15, 0.2) is 44.8 Å². The van der Waals surface area contributed by atoms with E-state index < -0.39 is 21.5 Å². The van der Waals surface area contributed by atoms with Crippen molar-refractivity contribution in [2.45, 2.75) is 39.1 Å². The zero-order valence-electron chi connectivity index (χ0n) is 18.4. The van der Waals surface area contributed by atoms with Gasteiger partial charge in [0.2, 0.25) is 15.6 Å². The molecule has 170 valence electrons. The quantitative estimate of drug-likeness (QED) is 0.497. The second-order valence-corrected chi connectivity index (χ2v) is 9.41. The molecule has 0 aliphatic carbocycles. The smallest absolute Gasteiger partial charge is 0.253 e. The van der Waals surface area contributed by atoms with Gasteiger partial charge in [-0.25, -0.2) is 8.42 Å². The number of carbonyl (C=O) groups is 1. The molecule has 3 aromatic rings. The number of hydrogen-bond donors (Lipinski definition) is 3. The number of pyridine rings is 2. The number of H-pyrrole nitrogens is 2. The maximum absolute atomic E-state index is 12.9. The summed E-state index contributed by atoms with van der Waals surface area (Å²) in [4.78, 5) is 42.6. The lowest BCUT2D eigenvalue weighted by atomic mass is 10.1. The molecule has 2 aromatic heterocycles. The minimum Gasteiger partial charge on any atom is -0.348 e. The van der Waals surface area contributed by atoms with E-state index in [0.29, 0.717) is 35.2 Å². The summed E-state index contributed by atoms with van der Waals surface area (Å²) < 4.78 is 27.1. The van der Waals surface area contributed by atoms with Crippen molar-refractivity contribution in [1.82, 2.24) is 19.6 Å². The van der Waals surface area contributed by atoms with Crippen LogP contribution in [0.2, 0.25) is 0 Å². The van der Waals surface area contributed by atoms with E-state index in [1.165, 1.54) is 22.5 Å². The monoisotopic (exact) mass is 458 g/mol. The van der Waals surface area contributed by atoms with Gasteiger partial charge in [-0.1, -0.05) is 13.8 Å². The molecule has 0 saturated carbocycles. The Morgan fingerprint density at radius 1 is 1.03 bits per heavy atom. The fourth-order valence-electron chi connectivity index (χ4n) is 3.66. The number of nitrogens with one attached hydrogen (secondary N) is 3. The van der Waals surface area contributed by atoms with Crippen molar-refractivity contribution in [3.63, 3.8) is 0 Å². The molecule has 0 radical (unpaired) electrons. The summed E-state index contributed by atoms with van der Waals surface area (Å²) in [5.41, 5.74) is 1.42. The van der Waals surface area contributed by atoms with E-state index in [2.05, 4.69) is 15.3 Å². The number of hydrogen-bond acceptors (Lipinski definition) is 5. The molecule has 2 heterocycles. The normalized spacial score (nSPS) is 11.8. The first-order chi connectivity index (χ1) is 15.1. The largest absolute Gasteiger partial charge is 0.348 e. The minimum atomic E-state index is -3.75. The molecule has 0 atom stereocenters. The molecule has 0 aliphatic heterocycles. The molecular weight excluding hydrogens is 432 g/mol. The number of aromatic amines is 2. The van der Waals surface area contributed by atoms with E-state index in [-0.39, 0.29) is 22.6 Å². The number of fused-ring (bicyclic) bond motifs is 1. The standard InChI is InChI=1S/C22H26N4O5S/c1-5-26(6-2)32(30,31)15-7-8-19-16(10-15)17(11-20(27)25-19)21(28)23-12-18-13(3)9-14(4)24-22(18)29/h7-11H,5-6,12H2,1-4H3,(H,23,28)(H,24,29)(H,25,27). The van der Waals surface area contributed by atoms with Crippen LogP contribution in [-0.2, 0) is 16.6 Å². The SMILES string of the molecule is CCN(CC)S(=O)(=O)c1ccc2[nH]c(=O)cc(C(=O)NCc3c(C)cc(C)[nH]c3=O)c2c1. The van der Waals surface area contributed by atoms with Crippen molar-refractivity contribution in [3.05, 3.63) is 73.4 Å². The molecule has 0 fully saturated rings. The van der Waals surface area contributed by atoms with Crippen LogP contribution < -0.4 is 16.4 Å². The fraction of sp³-hybridized carbons (Fsp3) is 0.318. The molecule has 0 bridgehead atoms. The Kier molecular flexibility index (Phi) is 6.65. The van der Waals surface area contributed by atoms with Crippen LogP contribution in [0.5, 0.6) is 0 Å². The molecule has 32 heavy (non-hydrogen) atoms. The third kappa shape index (κ3) is 4.51. The van der Waals surface area contributed by atoms with Gasteiger partial charge < -0.3 is 15.3 Å². The Morgan fingerprint density at radius 3 is 2.34 bits per heavy atom. The van der Waals surface area contributed by atoms with Gasteiger partial charge >= 0.3 is 0 Å². The van der Waals surface area contributed by atoms with E-state index in [0.717, 1.165) is 11.6 Å².